The molecule has 0 aromatic heterocycles. The Labute approximate surface area is 162 Å². The molecule has 0 radical (unpaired) electrons. The van der Waals surface area contributed by atoms with Crippen molar-refractivity contribution in [2.45, 2.75) is 45.7 Å². The molecule has 0 spiro atoms. The summed E-state index contributed by atoms with van der Waals surface area (Å²) in [6.07, 6.45) is 5.20. The van der Waals surface area contributed by atoms with Gasteiger partial charge in [0.15, 0.2) is 0 Å². The highest BCUT2D eigenvalue weighted by atomic mass is 16.2. The smallest absolute Gasteiger partial charge is 0.233 e. The molecule has 142 valence electrons. The van der Waals surface area contributed by atoms with Crippen LogP contribution in [0, 0.1) is 5.92 Å². The van der Waals surface area contributed by atoms with E-state index in [9.17, 15) is 9.59 Å². The fourth-order valence-electron chi connectivity index (χ4n) is 3.18. The van der Waals surface area contributed by atoms with Gasteiger partial charge in [-0.05, 0) is 37.3 Å². The molecule has 2 rings (SSSR count). The van der Waals surface area contributed by atoms with Crippen LogP contribution in [0.15, 0.2) is 73.3 Å². The van der Waals surface area contributed by atoms with Crippen LogP contribution in [-0.2, 0) is 22.7 Å². The van der Waals surface area contributed by atoms with Crippen LogP contribution >= 0.6 is 0 Å². The van der Waals surface area contributed by atoms with Gasteiger partial charge in [-0.1, -0.05) is 73.2 Å². The quantitative estimate of drug-likeness (QED) is 0.314. The average Bonchev–Trinajstić information content (AvgIpc) is 2.68. The van der Waals surface area contributed by atoms with Crippen molar-refractivity contribution >= 4 is 11.7 Å². The van der Waals surface area contributed by atoms with Crippen molar-refractivity contribution in [3.05, 3.63) is 84.4 Å². The third-order valence-corrected chi connectivity index (χ3v) is 4.68. The van der Waals surface area contributed by atoms with Crippen LogP contribution in [-0.4, -0.2) is 16.6 Å². The fraction of sp³-hybridized carbons (Fsp3) is 0.333. The van der Waals surface area contributed by atoms with E-state index in [1.165, 1.54) is 6.92 Å². The molecule has 3 heteroatoms. The lowest BCUT2D eigenvalue weighted by Crippen LogP contribution is -2.38. The summed E-state index contributed by atoms with van der Waals surface area (Å²) in [5.74, 6) is -0.694. The van der Waals surface area contributed by atoms with Crippen molar-refractivity contribution in [1.82, 2.24) is 4.90 Å². The first-order chi connectivity index (χ1) is 13.1. The Kier molecular flexibility index (Phi) is 8.50. The van der Waals surface area contributed by atoms with E-state index in [0.717, 1.165) is 30.4 Å². The number of unbranched alkanes of at least 4 members (excludes halogenated alkanes) is 2. The Bertz CT molecular complexity index is 683. The van der Waals surface area contributed by atoms with Crippen LogP contribution in [0.25, 0.3) is 0 Å². The maximum absolute atomic E-state index is 13.2. The molecule has 0 heterocycles. The largest absolute Gasteiger partial charge is 0.333 e. The average molecular weight is 364 g/mol. The Balaban J connectivity index is 2.16. The van der Waals surface area contributed by atoms with Gasteiger partial charge in [-0.15, -0.1) is 6.58 Å². The van der Waals surface area contributed by atoms with E-state index in [0.29, 0.717) is 19.5 Å². The van der Waals surface area contributed by atoms with Crippen LogP contribution < -0.4 is 0 Å². The van der Waals surface area contributed by atoms with Crippen molar-refractivity contribution in [3.8, 4) is 0 Å². The molecular weight excluding hydrogens is 334 g/mol. The number of ketones is 1. The minimum atomic E-state index is -0.567. The standard InChI is InChI=1S/C24H29NO2/c1-3-4-5-12-17-23(20(2)26)24(27)25(18-21-13-8-6-9-14-21)19-22-15-10-7-11-16-22/h3,6-11,13-16,23H,1,4-5,12,17-19H2,2H3. The molecule has 0 aliphatic heterocycles. The van der Waals surface area contributed by atoms with Gasteiger partial charge in [0.2, 0.25) is 5.91 Å². The maximum atomic E-state index is 13.2. The molecule has 3 nitrogen and oxygen atoms in total. The van der Waals surface area contributed by atoms with Gasteiger partial charge in [-0.2, -0.15) is 0 Å². The monoisotopic (exact) mass is 363 g/mol. The first-order valence-corrected chi connectivity index (χ1v) is 9.59. The Morgan fingerprint density at radius 3 is 1.89 bits per heavy atom. The van der Waals surface area contributed by atoms with E-state index in [1.807, 2.05) is 71.6 Å². The third-order valence-electron chi connectivity index (χ3n) is 4.68. The topological polar surface area (TPSA) is 37.4 Å². The van der Waals surface area contributed by atoms with E-state index >= 15 is 0 Å². The zero-order chi connectivity index (χ0) is 19.5. The number of allylic oxidation sites excluding steroid dienone is 1. The Hall–Kier alpha value is -2.68. The van der Waals surface area contributed by atoms with Crippen LogP contribution in [0.2, 0.25) is 0 Å². The number of carbonyl (C=O) groups excluding carboxylic acids is 2. The molecule has 0 saturated heterocycles. The summed E-state index contributed by atoms with van der Waals surface area (Å²) < 4.78 is 0. The van der Waals surface area contributed by atoms with E-state index < -0.39 is 5.92 Å². The summed E-state index contributed by atoms with van der Waals surface area (Å²) in [7, 11) is 0. The van der Waals surface area contributed by atoms with Gasteiger partial charge in [0, 0.05) is 13.1 Å². The Morgan fingerprint density at radius 2 is 1.44 bits per heavy atom. The predicted octanol–water partition coefficient (Wildman–Crippen LogP) is 5.17. The predicted molar refractivity (Wildman–Crippen MR) is 110 cm³/mol. The molecule has 27 heavy (non-hydrogen) atoms. The van der Waals surface area contributed by atoms with Crippen molar-refractivity contribution in [1.29, 1.82) is 0 Å². The normalized spacial score (nSPS) is 11.6. The molecule has 2 aromatic rings. The summed E-state index contributed by atoms with van der Waals surface area (Å²) >= 11 is 0. The highest BCUT2D eigenvalue weighted by Crippen LogP contribution is 2.19. The maximum Gasteiger partial charge on any atom is 0.233 e. The second-order valence-corrected chi connectivity index (χ2v) is 6.90. The molecule has 1 atom stereocenters. The van der Waals surface area contributed by atoms with Crippen molar-refractivity contribution < 1.29 is 9.59 Å². The molecule has 0 saturated carbocycles. The zero-order valence-electron chi connectivity index (χ0n) is 16.1. The summed E-state index contributed by atoms with van der Waals surface area (Å²) in [5.41, 5.74) is 2.13. The number of hydrogen-bond acceptors (Lipinski definition) is 2. The van der Waals surface area contributed by atoms with Gasteiger partial charge in [0.05, 0.1) is 5.92 Å². The molecule has 0 aliphatic rings. The number of rotatable bonds is 11. The summed E-state index contributed by atoms with van der Waals surface area (Å²) in [5, 5.41) is 0. The molecular formula is C24H29NO2. The van der Waals surface area contributed by atoms with Gasteiger partial charge in [0.1, 0.15) is 5.78 Å². The molecule has 2 aromatic carbocycles. The van der Waals surface area contributed by atoms with E-state index in [4.69, 9.17) is 0 Å². The summed E-state index contributed by atoms with van der Waals surface area (Å²) in [6.45, 7) is 6.26. The van der Waals surface area contributed by atoms with Crippen LogP contribution in [0.4, 0.5) is 0 Å². The number of carbonyl (C=O) groups is 2. The number of hydrogen-bond donors (Lipinski definition) is 0. The lowest BCUT2D eigenvalue weighted by Gasteiger charge is -2.27. The highest BCUT2D eigenvalue weighted by Gasteiger charge is 2.28. The van der Waals surface area contributed by atoms with Crippen LogP contribution in [0.3, 0.4) is 0 Å². The third kappa shape index (κ3) is 6.86. The zero-order valence-corrected chi connectivity index (χ0v) is 16.1. The SMILES string of the molecule is C=CCCCCC(C(C)=O)C(=O)N(Cc1ccccc1)Cc1ccccc1. The molecule has 0 bridgehead atoms. The number of benzene rings is 2. The minimum Gasteiger partial charge on any atom is -0.333 e. The minimum absolute atomic E-state index is 0.0512. The second-order valence-electron chi connectivity index (χ2n) is 6.90. The number of nitrogens with zero attached hydrogens (tertiary/aromatic N) is 1. The second kappa shape index (κ2) is 11.1. The van der Waals surface area contributed by atoms with Crippen molar-refractivity contribution in [2.75, 3.05) is 0 Å². The number of Topliss-reactive ketones (excluding diaryl/α,β-unsaturated/α-hetero) is 1. The first-order valence-electron chi connectivity index (χ1n) is 9.59. The summed E-state index contributed by atoms with van der Waals surface area (Å²) in [6, 6.07) is 19.9. The van der Waals surface area contributed by atoms with Gasteiger partial charge in [0.25, 0.3) is 0 Å². The van der Waals surface area contributed by atoms with E-state index in [1.54, 1.807) is 0 Å². The van der Waals surface area contributed by atoms with Gasteiger partial charge < -0.3 is 4.90 Å². The van der Waals surface area contributed by atoms with Gasteiger partial charge in [-0.3, -0.25) is 9.59 Å². The van der Waals surface area contributed by atoms with Crippen molar-refractivity contribution in [3.63, 3.8) is 0 Å². The van der Waals surface area contributed by atoms with Crippen LogP contribution in [0.5, 0.6) is 0 Å². The lowest BCUT2D eigenvalue weighted by molar-refractivity contribution is -0.142. The van der Waals surface area contributed by atoms with Crippen molar-refractivity contribution in [2.24, 2.45) is 5.92 Å². The summed E-state index contributed by atoms with van der Waals surface area (Å²) in [4.78, 5) is 27.2. The molecule has 1 unspecified atom stereocenters. The molecule has 0 N–H and O–H groups in total. The van der Waals surface area contributed by atoms with Gasteiger partial charge in [-0.25, -0.2) is 0 Å². The van der Waals surface area contributed by atoms with Gasteiger partial charge >= 0.3 is 0 Å². The Morgan fingerprint density at radius 1 is 0.926 bits per heavy atom. The fourth-order valence-corrected chi connectivity index (χ4v) is 3.18. The molecule has 0 fully saturated rings. The number of amides is 1. The van der Waals surface area contributed by atoms with Crippen LogP contribution in [0.1, 0.15) is 43.7 Å². The highest BCUT2D eigenvalue weighted by molar-refractivity contribution is 6.00. The molecule has 0 aliphatic carbocycles. The molecule has 1 amide bonds. The first kappa shape index (κ1) is 20.6. The van der Waals surface area contributed by atoms with E-state index in [-0.39, 0.29) is 11.7 Å². The van der Waals surface area contributed by atoms with E-state index in [2.05, 4.69) is 6.58 Å². The lowest BCUT2D eigenvalue weighted by atomic mass is 9.95.